The molecule has 2 aromatic rings. The Balaban J connectivity index is 2.16. The number of hydrogen-bond acceptors (Lipinski definition) is 4. The third kappa shape index (κ3) is 2.73. The summed E-state index contributed by atoms with van der Waals surface area (Å²) < 4.78 is 1.93. The molecule has 18 heavy (non-hydrogen) atoms. The van der Waals surface area contributed by atoms with E-state index in [0.717, 1.165) is 24.4 Å². The van der Waals surface area contributed by atoms with Gasteiger partial charge in [0.15, 0.2) is 0 Å². The van der Waals surface area contributed by atoms with Crippen LogP contribution in [0.1, 0.15) is 37.0 Å². The molecule has 0 saturated heterocycles. The summed E-state index contributed by atoms with van der Waals surface area (Å²) in [6.45, 7) is 4.94. The van der Waals surface area contributed by atoms with Crippen LogP contribution < -0.4 is 0 Å². The van der Waals surface area contributed by atoms with Crippen molar-refractivity contribution in [3.63, 3.8) is 0 Å². The van der Waals surface area contributed by atoms with Crippen molar-refractivity contribution in [2.45, 2.75) is 39.3 Å². The summed E-state index contributed by atoms with van der Waals surface area (Å²) in [4.78, 5) is 7.91. The Bertz CT molecular complexity index is 495. The van der Waals surface area contributed by atoms with Crippen LogP contribution in [0.2, 0.25) is 0 Å². The molecule has 0 saturated carbocycles. The van der Waals surface area contributed by atoms with Gasteiger partial charge in [-0.1, -0.05) is 6.92 Å². The molecule has 0 aliphatic heterocycles. The van der Waals surface area contributed by atoms with Gasteiger partial charge in [-0.05, 0) is 25.5 Å². The molecule has 1 atom stereocenters. The molecule has 96 valence electrons. The van der Waals surface area contributed by atoms with E-state index < -0.39 is 6.10 Å². The van der Waals surface area contributed by atoms with E-state index in [4.69, 9.17) is 0 Å². The zero-order chi connectivity index (χ0) is 13.0. The lowest BCUT2D eigenvalue weighted by Crippen LogP contribution is -2.09. The topological polar surface area (TPSA) is 63.8 Å². The molecule has 5 heteroatoms. The van der Waals surface area contributed by atoms with Gasteiger partial charge in [-0.3, -0.25) is 4.68 Å². The van der Waals surface area contributed by atoms with E-state index in [2.05, 4.69) is 22.0 Å². The van der Waals surface area contributed by atoms with Crippen LogP contribution in [0.5, 0.6) is 0 Å². The van der Waals surface area contributed by atoms with E-state index in [1.807, 2.05) is 17.7 Å². The van der Waals surface area contributed by atoms with Crippen molar-refractivity contribution in [2.24, 2.45) is 0 Å². The van der Waals surface area contributed by atoms with E-state index in [1.165, 1.54) is 6.33 Å². The van der Waals surface area contributed by atoms with Crippen LogP contribution in [0.25, 0.3) is 0 Å². The molecule has 1 unspecified atom stereocenters. The molecule has 0 radical (unpaired) electrons. The first-order valence-corrected chi connectivity index (χ1v) is 6.24. The molecule has 2 aromatic heterocycles. The molecule has 0 amide bonds. The number of nitrogens with zero attached hydrogens (tertiary/aromatic N) is 4. The fourth-order valence-electron chi connectivity index (χ4n) is 1.93. The fraction of sp³-hybridized carbons (Fsp3) is 0.462. The van der Waals surface area contributed by atoms with Crippen molar-refractivity contribution >= 4 is 0 Å². The molecular weight excluding hydrogens is 228 g/mol. The quantitative estimate of drug-likeness (QED) is 0.869. The van der Waals surface area contributed by atoms with Gasteiger partial charge in [-0.15, -0.1) is 0 Å². The highest BCUT2D eigenvalue weighted by molar-refractivity contribution is 5.14. The highest BCUT2D eigenvalue weighted by Gasteiger charge is 2.14. The van der Waals surface area contributed by atoms with Crippen molar-refractivity contribution < 1.29 is 5.11 Å². The summed E-state index contributed by atoms with van der Waals surface area (Å²) >= 11 is 0. The predicted molar refractivity (Wildman–Crippen MR) is 68.0 cm³/mol. The van der Waals surface area contributed by atoms with Crippen molar-refractivity contribution in [1.29, 1.82) is 0 Å². The van der Waals surface area contributed by atoms with Crippen LogP contribution in [0.4, 0.5) is 0 Å². The van der Waals surface area contributed by atoms with Gasteiger partial charge in [-0.25, -0.2) is 9.97 Å². The summed E-state index contributed by atoms with van der Waals surface area (Å²) in [7, 11) is 0. The van der Waals surface area contributed by atoms with Crippen molar-refractivity contribution in [2.75, 3.05) is 0 Å². The van der Waals surface area contributed by atoms with Crippen LogP contribution in [-0.2, 0) is 19.4 Å². The molecule has 2 rings (SSSR count). The molecule has 0 aromatic carbocycles. The second-order valence-electron chi connectivity index (χ2n) is 4.15. The lowest BCUT2D eigenvalue weighted by atomic mass is 10.1. The molecular formula is C13H18N4O. The summed E-state index contributed by atoms with van der Waals surface area (Å²) in [6.07, 6.45) is 3.91. The maximum absolute atomic E-state index is 10.1. The average Bonchev–Trinajstić information content (AvgIpc) is 2.82. The number of hydrogen-bond donors (Lipinski definition) is 1. The number of rotatable bonds is 5. The fourth-order valence-corrected chi connectivity index (χ4v) is 1.93. The molecule has 0 fully saturated rings. The average molecular weight is 246 g/mol. The van der Waals surface area contributed by atoms with Gasteiger partial charge in [0.05, 0.1) is 11.4 Å². The predicted octanol–water partition coefficient (Wildman–Crippen LogP) is 1.53. The molecule has 0 aliphatic carbocycles. The van der Waals surface area contributed by atoms with Gasteiger partial charge in [0, 0.05) is 24.9 Å². The lowest BCUT2D eigenvalue weighted by molar-refractivity contribution is 0.170. The summed E-state index contributed by atoms with van der Waals surface area (Å²) in [5, 5.41) is 14.6. The Morgan fingerprint density at radius 1 is 1.39 bits per heavy atom. The maximum Gasteiger partial charge on any atom is 0.115 e. The van der Waals surface area contributed by atoms with Gasteiger partial charge in [0.2, 0.25) is 0 Å². The minimum Gasteiger partial charge on any atom is -0.386 e. The Hall–Kier alpha value is -1.75. The van der Waals surface area contributed by atoms with Crippen molar-refractivity contribution in [3.05, 3.63) is 41.7 Å². The first-order valence-electron chi connectivity index (χ1n) is 6.24. The SMILES string of the molecule is CCc1cc(CC(O)c2ccncn2)n(CC)n1. The molecule has 0 aliphatic rings. The second kappa shape index (κ2) is 5.73. The monoisotopic (exact) mass is 246 g/mol. The third-order valence-electron chi connectivity index (χ3n) is 2.92. The number of aromatic nitrogens is 4. The highest BCUT2D eigenvalue weighted by atomic mass is 16.3. The van der Waals surface area contributed by atoms with E-state index in [1.54, 1.807) is 12.3 Å². The number of aliphatic hydroxyl groups is 1. The van der Waals surface area contributed by atoms with E-state index in [-0.39, 0.29) is 0 Å². The molecule has 0 bridgehead atoms. The van der Waals surface area contributed by atoms with E-state index in [9.17, 15) is 5.11 Å². The zero-order valence-electron chi connectivity index (χ0n) is 10.7. The first kappa shape index (κ1) is 12.7. The van der Waals surface area contributed by atoms with E-state index in [0.29, 0.717) is 12.1 Å². The summed E-state index contributed by atoms with van der Waals surface area (Å²) in [6, 6.07) is 3.78. The van der Waals surface area contributed by atoms with Crippen LogP contribution in [0, 0.1) is 0 Å². The smallest absolute Gasteiger partial charge is 0.115 e. The van der Waals surface area contributed by atoms with Gasteiger partial charge < -0.3 is 5.11 Å². The largest absolute Gasteiger partial charge is 0.386 e. The Morgan fingerprint density at radius 3 is 2.83 bits per heavy atom. The van der Waals surface area contributed by atoms with E-state index >= 15 is 0 Å². The number of aliphatic hydroxyl groups excluding tert-OH is 1. The van der Waals surface area contributed by atoms with Crippen LogP contribution >= 0.6 is 0 Å². The third-order valence-corrected chi connectivity index (χ3v) is 2.92. The molecule has 5 nitrogen and oxygen atoms in total. The normalized spacial score (nSPS) is 12.6. The van der Waals surface area contributed by atoms with Crippen molar-refractivity contribution in [1.82, 2.24) is 19.7 Å². The molecule has 2 heterocycles. The number of aryl methyl sites for hydroxylation is 2. The lowest BCUT2D eigenvalue weighted by Gasteiger charge is -2.10. The minimum atomic E-state index is -0.611. The Morgan fingerprint density at radius 2 is 2.22 bits per heavy atom. The van der Waals surface area contributed by atoms with Crippen LogP contribution in [-0.4, -0.2) is 24.9 Å². The first-order chi connectivity index (χ1) is 8.74. The Labute approximate surface area is 107 Å². The van der Waals surface area contributed by atoms with Gasteiger partial charge in [0.25, 0.3) is 0 Å². The van der Waals surface area contributed by atoms with Gasteiger partial charge in [-0.2, -0.15) is 5.10 Å². The summed E-state index contributed by atoms with van der Waals surface area (Å²) in [5.74, 6) is 0. The van der Waals surface area contributed by atoms with Gasteiger partial charge >= 0.3 is 0 Å². The second-order valence-corrected chi connectivity index (χ2v) is 4.15. The molecule has 1 N–H and O–H groups in total. The zero-order valence-corrected chi connectivity index (χ0v) is 10.7. The molecule has 0 spiro atoms. The van der Waals surface area contributed by atoms with Gasteiger partial charge in [0.1, 0.15) is 12.4 Å². The Kier molecular flexibility index (Phi) is 4.04. The van der Waals surface area contributed by atoms with Crippen LogP contribution in [0.3, 0.4) is 0 Å². The minimum absolute atomic E-state index is 0.526. The van der Waals surface area contributed by atoms with Crippen LogP contribution in [0.15, 0.2) is 24.7 Å². The standard InChI is InChI=1S/C13H18N4O/c1-3-10-7-11(17(4-2)16-10)8-13(18)12-5-6-14-9-15-12/h5-7,9,13,18H,3-4,8H2,1-2H3. The summed E-state index contributed by atoms with van der Waals surface area (Å²) in [5.41, 5.74) is 2.74. The van der Waals surface area contributed by atoms with Crippen molar-refractivity contribution in [3.8, 4) is 0 Å². The highest BCUT2D eigenvalue weighted by Crippen LogP contribution is 2.17. The maximum atomic E-state index is 10.1.